The van der Waals surface area contributed by atoms with Gasteiger partial charge in [-0.2, -0.15) is 9.57 Å². The Morgan fingerprint density at radius 2 is 1.82 bits per heavy atom. The Morgan fingerprint density at radius 3 is 2.50 bits per heavy atom. The summed E-state index contributed by atoms with van der Waals surface area (Å²) in [7, 11) is -3.42. The maximum atomic E-state index is 12.8. The molecule has 1 aromatic rings. The van der Waals surface area contributed by atoms with E-state index in [0.717, 1.165) is 19.3 Å². The number of benzene rings is 1. The van der Waals surface area contributed by atoms with Crippen molar-refractivity contribution in [3.8, 4) is 6.07 Å². The maximum absolute atomic E-state index is 12.8. The molecule has 0 amide bonds. The van der Waals surface area contributed by atoms with E-state index in [4.69, 9.17) is 5.26 Å². The van der Waals surface area contributed by atoms with Crippen LogP contribution >= 0.6 is 0 Å². The number of sulfonamides is 1. The van der Waals surface area contributed by atoms with Gasteiger partial charge < -0.3 is 0 Å². The zero-order chi connectivity index (χ0) is 15.7. The quantitative estimate of drug-likeness (QED) is 0.844. The van der Waals surface area contributed by atoms with Gasteiger partial charge in [0, 0.05) is 26.2 Å². The number of nitrogens with zero attached hydrogens (tertiary/aromatic N) is 3. The molecule has 1 saturated heterocycles. The van der Waals surface area contributed by atoms with Crippen molar-refractivity contribution < 1.29 is 8.42 Å². The van der Waals surface area contributed by atoms with Crippen LogP contribution < -0.4 is 0 Å². The monoisotopic (exact) mass is 319 g/mol. The van der Waals surface area contributed by atoms with Gasteiger partial charge in [0.15, 0.2) is 0 Å². The summed E-state index contributed by atoms with van der Waals surface area (Å²) >= 11 is 0. The van der Waals surface area contributed by atoms with Crippen LogP contribution in [0.5, 0.6) is 0 Å². The van der Waals surface area contributed by atoms with Crippen molar-refractivity contribution in [3.63, 3.8) is 0 Å². The van der Waals surface area contributed by atoms with Crippen LogP contribution in [-0.4, -0.2) is 49.8 Å². The lowest BCUT2D eigenvalue weighted by Gasteiger charge is -2.35. The first kappa shape index (κ1) is 15.5. The molecule has 3 rings (SSSR count). The molecule has 0 bridgehead atoms. The molecule has 1 heterocycles. The van der Waals surface area contributed by atoms with E-state index in [1.54, 1.807) is 10.4 Å². The summed E-state index contributed by atoms with van der Waals surface area (Å²) in [6, 6.07) is 7.59. The number of piperazine rings is 1. The molecule has 1 aromatic carbocycles. The van der Waals surface area contributed by atoms with Crippen molar-refractivity contribution in [1.29, 1.82) is 5.26 Å². The van der Waals surface area contributed by atoms with Crippen molar-refractivity contribution in [2.45, 2.75) is 37.1 Å². The van der Waals surface area contributed by atoms with Crippen LogP contribution in [0.4, 0.5) is 0 Å². The number of hydrogen-bond acceptors (Lipinski definition) is 4. The predicted molar refractivity (Wildman–Crippen MR) is 83.9 cm³/mol. The third kappa shape index (κ3) is 2.76. The van der Waals surface area contributed by atoms with Crippen molar-refractivity contribution in [3.05, 3.63) is 29.3 Å². The zero-order valence-electron chi connectivity index (χ0n) is 12.8. The standard InChI is InChI=1S/C16H21N3O2S/c1-13(12-17)18-7-9-19(10-8-18)22(20,21)16-6-5-14-3-2-4-15(14)11-16/h5-6,11,13H,2-4,7-10H2,1H3. The molecule has 6 heteroatoms. The number of hydrogen-bond donors (Lipinski definition) is 0. The van der Waals surface area contributed by atoms with Gasteiger partial charge >= 0.3 is 0 Å². The molecule has 0 aromatic heterocycles. The summed E-state index contributed by atoms with van der Waals surface area (Å²) in [6.07, 6.45) is 3.15. The summed E-state index contributed by atoms with van der Waals surface area (Å²) < 4.78 is 27.1. The average Bonchev–Trinajstić information content (AvgIpc) is 3.01. The molecule has 0 radical (unpaired) electrons. The summed E-state index contributed by atoms with van der Waals surface area (Å²) in [6.45, 7) is 3.97. The normalized spacial score (nSPS) is 21.3. The van der Waals surface area contributed by atoms with Gasteiger partial charge in [-0.1, -0.05) is 6.07 Å². The third-order valence-electron chi connectivity index (χ3n) is 4.72. The van der Waals surface area contributed by atoms with E-state index in [1.807, 2.05) is 24.0 Å². The van der Waals surface area contributed by atoms with Crippen LogP contribution in [-0.2, 0) is 22.9 Å². The summed E-state index contributed by atoms with van der Waals surface area (Å²) in [4.78, 5) is 2.43. The van der Waals surface area contributed by atoms with Gasteiger partial charge in [0.25, 0.3) is 0 Å². The smallest absolute Gasteiger partial charge is 0.243 e. The Hall–Kier alpha value is -1.42. The maximum Gasteiger partial charge on any atom is 0.243 e. The molecule has 1 fully saturated rings. The number of aryl methyl sites for hydroxylation is 2. The van der Waals surface area contributed by atoms with E-state index in [9.17, 15) is 8.42 Å². The van der Waals surface area contributed by atoms with Gasteiger partial charge in [-0.25, -0.2) is 8.42 Å². The van der Waals surface area contributed by atoms with Gasteiger partial charge in [0.1, 0.15) is 0 Å². The lowest BCUT2D eigenvalue weighted by molar-refractivity contribution is 0.169. The SMILES string of the molecule is CC(C#N)N1CCN(S(=O)(=O)c2ccc3c(c2)CCC3)CC1. The van der Waals surface area contributed by atoms with Crippen LogP contribution in [0.15, 0.2) is 23.1 Å². The van der Waals surface area contributed by atoms with E-state index in [-0.39, 0.29) is 6.04 Å². The Morgan fingerprint density at radius 1 is 1.14 bits per heavy atom. The molecule has 0 saturated carbocycles. The van der Waals surface area contributed by atoms with E-state index >= 15 is 0 Å². The highest BCUT2D eigenvalue weighted by Gasteiger charge is 2.30. The fourth-order valence-electron chi connectivity index (χ4n) is 3.27. The molecule has 1 aliphatic heterocycles. The Bertz CT molecular complexity index is 701. The van der Waals surface area contributed by atoms with Crippen molar-refractivity contribution in [2.24, 2.45) is 0 Å². The summed E-state index contributed by atoms with van der Waals surface area (Å²) in [5.41, 5.74) is 2.46. The van der Waals surface area contributed by atoms with Gasteiger partial charge in [-0.05, 0) is 49.4 Å². The molecule has 0 N–H and O–H groups in total. The highest BCUT2D eigenvalue weighted by Crippen LogP contribution is 2.26. The fourth-order valence-corrected chi connectivity index (χ4v) is 4.74. The fraction of sp³-hybridized carbons (Fsp3) is 0.562. The van der Waals surface area contributed by atoms with E-state index in [2.05, 4.69) is 6.07 Å². The third-order valence-corrected chi connectivity index (χ3v) is 6.61. The minimum absolute atomic E-state index is 0.162. The largest absolute Gasteiger partial charge is 0.286 e. The van der Waals surface area contributed by atoms with E-state index in [0.29, 0.717) is 31.1 Å². The highest BCUT2D eigenvalue weighted by atomic mass is 32.2. The Kier molecular flexibility index (Phi) is 4.22. The molecule has 0 spiro atoms. The second-order valence-electron chi connectivity index (χ2n) is 6.03. The molecule has 1 atom stereocenters. The first-order valence-electron chi connectivity index (χ1n) is 7.78. The summed E-state index contributed by atoms with van der Waals surface area (Å²) in [5, 5.41) is 8.96. The molecule has 22 heavy (non-hydrogen) atoms. The van der Waals surface area contributed by atoms with E-state index in [1.165, 1.54) is 11.1 Å². The van der Waals surface area contributed by atoms with Crippen LogP contribution in [0, 0.1) is 11.3 Å². The molecular formula is C16H21N3O2S. The van der Waals surface area contributed by atoms with Gasteiger partial charge in [0.2, 0.25) is 10.0 Å². The number of fused-ring (bicyclic) bond motifs is 1. The topological polar surface area (TPSA) is 64.4 Å². The van der Waals surface area contributed by atoms with Crippen LogP contribution in [0.3, 0.4) is 0 Å². The Balaban J connectivity index is 1.76. The molecule has 1 unspecified atom stereocenters. The van der Waals surface area contributed by atoms with Crippen LogP contribution in [0.25, 0.3) is 0 Å². The van der Waals surface area contributed by atoms with E-state index < -0.39 is 10.0 Å². The van der Waals surface area contributed by atoms with Gasteiger partial charge in [-0.3, -0.25) is 4.90 Å². The van der Waals surface area contributed by atoms with Crippen molar-refractivity contribution in [1.82, 2.24) is 9.21 Å². The first-order chi connectivity index (χ1) is 10.5. The van der Waals surface area contributed by atoms with Crippen molar-refractivity contribution in [2.75, 3.05) is 26.2 Å². The van der Waals surface area contributed by atoms with Crippen LogP contribution in [0.2, 0.25) is 0 Å². The number of rotatable bonds is 3. The Labute approximate surface area is 132 Å². The summed E-state index contributed by atoms with van der Waals surface area (Å²) in [5.74, 6) is 0. The lowest BCUT2D eigenvalue weighted by atomic mass is 10.1. The molecule has 118 valence electrons. The molecule has 1 aliphatic carbocycles. The van der Waals surface area contributed by atoms with Gasteiger partial charge in [0.05, 0.1) is 17.0 Å². The predicted octanol–water partition coefficient (Wildman–Crippen LogP) is 1.39. The molecule has 5 nitrogen and oxygen atoms in total. The average molecular weight is 319 g/mol. The van der Waals surface area contributed by atoms with Crippen LogP contribution in [0.1, 0.15) is 24.5 Å². The lowest BCUT2D eigenvalue weighted by Crippen LogP contribution is -2.50. The number of nitriles is 1. The zero-order valence-corrected chi connectivity index (χ0v) is 13.6. The highest BCUT2D eigenvalue weighted by molar-refractivity contribution is 7.89. The van der Waals surface area contributed by atoms with Gasteiger partial charge in [-0.15, -0.1) is 0 Å². The molecule has 2 aliphatic rings. The minimum atomic E-state index is -3.42. The minimum Gasteiger partial charge on any atom is -0.286 e. The second-order valence-corrected chi connectivity index (χ2v) is 7.97. The molecular weight excluding hydrogens is 298 g/mol. The first-order valence-corrected chi connectivity index (χ1v) is 9.22. The van der Waals surface area contributed by atoms with Crippen molar-refractivity contribution >= 4 is 10.0 Å². The second kappa shape index (κ2) is 5.99.